The van der Waals surface area contributed by atoms with Crippen LogP contribution in [0.15, 0.2) is 114 Å². The highest BCUT2D eigenvalue weighted by Gasteiger charge is 2.15. The number of fused-ring (bicyclic) bond motifs is 1. The Morgan fingerprint density at radius 3 is 2.06 bits per heavy atom. The van der Waals surface area contributed by atoms with Gasteiger partial charge in [-0.3, -0.25) is 9.97 Å². The summed E-state index contributed by atoms with van der Waals surface area (Å²) in [5.74, 6) is 0.166. The third-order valence-electron chi connectivity index (χ3n) is 5.59. The molecular formula is C28H23N5O2. The molecule has 0 radical (unpaired) electrons. The Bertz CT molecular complexity index is 1430. The summed E-state index contributed by atoms with van der Waals surface area (Å²) in [6.07, 6.45) is 3.56. The number of pyridine rings is 2. The van der Waals surface area contributed by atoms with Crippen molar-refractivity contribution in [1.82, 2.24) is 9.97 Å². The number of aromatic hydroxyl groups is 2. The molecule has 0 saturated carbocycles. The molecule has 0 atom stereocenters. The summed E-state index contributed by atoms with van der Waals surface area (Å²) in [6.45, 7) is 1.12. The Morgan fingerprint density at radius 1 is 0.686 bits per heavy atom. The summed E-state index contributed by atoms with van der Waals surface area (Å²) in [5.41, 5.74) is 3.70. The van der Waals surface area contributed by atoms with Gasteiger partial charge in [0.1, 0.15) is 22.9 Å². The fraction of sp³-hybridized carbons (Fsp3) is 0.0714. The molecule has 35 heavy (non-hydrogen) atoms. The number of hydrogen-bond donors (Lipinski definition) is 2. The lowest BCUT2D eigenvalue weighted by Gasteiger charge is -2.25. The minimum Gasteiger partial charge on any atom is -0.508 e. The standard InChI is InChI=1S/C28H23N5O2/c34-23-12-13-24-20(17-23)11-14-27(35)28(24)32-31-25-9-1-2-10-26(25)33(18-21-7-3-5-15-29-21)19-22-8-4-6-16-30-22/h1-17,34-35H,18-19H2/b32-31+. The molecule has 0 aliphatic rings. The molecule has 7 nitrogen and oxygen atoms in total. The molecule has 0 saturated heterocycles. The van der Waals surface area contributed by atoms with Crippen LogP contribution in [0.5, 0.6) is 11.5 Å². The van der Waals surface area contributed by atoms with E-state index < -0.39 is 0 Å². The number of nitrogens with zero attached hydrogens (tertiary/aromatic N) is 5. The predicted octanol–water partition coefficient (Wildman–Crippen LogP) is 6.66. The minimum atomic E-state index is 0.0169. The highest BCUT2D eigenvalue weighted by Crippen LogP contribution is 2.39. The fourth-order valence-corrected chi connectivity index (χ4v) is 3.92. The van der Waals surface area contributed by atoms with Crippen LogP contribution in [0.25, 0.3) is 10.8 Å². The van der Waals surface area contributed by atoms with E-state index in [1.165, 1.54) is 0 Å². The molecule has 0 amide bonds. The van der Waals surface area contributed by atoms with E-state index in [4.69, 9.17) is 0 Å². The second kappa shape index (κ2) is 10.0. The van der Waals surface area contributed by atoms with E-state index in [2.05, 4.69) is 25.1 Å². The van der Waals surface area contributed by atoms with Crippen LogP contribution in [0, 0.1) is 0 Å². The van der Waals surface area contributed by atoms with Gasteiger partial charge in [0.2, 0.25) is 0 Å². The molecule has 0 bridgehead atoms. The maximum atomic E-state index is 10.5. The van der Waals surface area contributed by atoms with Crippen molar-refractivity contribution in [1.29, 1.82) is 0 Å². The summed E-state index contributed by atoms with van der Waals surface area (Å²) < 4.78 is 0. The van der Waals surface area contributed by atoms with Crippen molar-refractivity contribution in [2.24, 2.45) is 10.2 Å². The van der Waals surface area contributed by atoms with Gasteiger partial charge in [-0.2, -0.15) is 0 Å². The van der Waals surface area contributed by atoms with E-state index in [1.54, 1.807) is 42.7 Å². The second-order valence-electron chi connectivity index (χ2n) is 8.03. The van der Waals surface area contributed by atoms with Crippen molar-refractivity contribution in [3.63, 3.8) is 0 Å². The third kappa shape index (κ3) is 5.09. The summed E-state index contributed by atoms with van der Waals surface area (Å²) >= 11 is 0. The smallest absolute Gasteiger partial charge is 0.143 e. The van der Waals surface area contributed by atoms with E-state index in [0.717, 1.165) is 22.5 Å². The van der Waals surface area contributed by atoms with Gasteiger partial charge in [0.15, 0.2) is 0 Å². The summed E-state index contributed by atoms with van der Waals surface area (Å²) in [7, 11) is 0. The molecule has 0 fully saturated rings. The average molecular weight is 462 g/mol. The Hall–Kier alpha value is -4.78. The van der Waals surface area contributed by atoms with E-state index in [-0.39, 0.29) is 11.5 Å². The number of rotatable bonds is 7. The number of phenols is 2. The van der Waals surface area contributed by atoms with Crippen LogP contribution >= 0.6 is 0 Å². The zero-order valence-electron chi connectivity index (χ0n) is 18.9. The van der Waals surface area contributed by atoms with Crippen molar-refractivity contribution in [2.45, 2.75) is 13.1 Å². The lowest BCUT2D eigenvalue weighted by atomic mass is 10.1. The normalized spacial score (nSPS) is 11.2. The molecule has 0 aliphatic heterocycles. The van der Waals surface area contributed by atoms with Gasteiger partial charge in [-0.25, -0.2) is 0 Å². The van der Waals surface area contributed by atoms with Gasteiger partial charge in [-0.15, -0.1) is 10.2 Å². The molecule has 0 unspecified atom stereocenters. The Labute approximate surface area is 202 Å². The van der Waals surface area contributed by atoms with Gasteiger partial charge in [-0.05, 0) is 66.0 Å². The monoisotopic (exact) mass is 461 g/mol. The number of para-hydroxylation sites is 1. The van der Waals surface area contributed by atoms with Gasteiger partial charge in [-0.1, -0.05) is 30.3 Å². The molecule has 0 aliphatic carbocycles. The van der Waals surface area contributed by atoms with E-state index in [9.17, 15) is 10.2 Å². The van der Waals surface area contributed by atoms with Crippen LogP contribution in [0.3, 0.4) is 0 Å². The average Bonchev–Trinajstić information content (AvgIpc) is 2.89. The molecule has 5 rings (SSSR count). The van der Waals surface area contributed by atoms with Gasteiger partial charge < -0.3 is 15.1 Å². The summed E-state index contributed by atoms with van der Waals surface area (Å²) in [4.78, 5) is 11.1. The van der Waals surface area contributed by atoms with Crippen molar-refractivity contribution < 1.29 is 10.2 Å². The predicted molar refractivity (Wildman–Crippen MR) is 136 cm³/mol. The molecule has 2 heterocycles. The first-order valence-corrected chi connectivity index (χ1v) is 11.2. The molecule has 2 N–H and O–H groups in total. The first-order chi connectivity index (χ1) is 17.2. The van der Waals surface area contributed by atoms with Crippen LogP contribution < -0.4 is 4.90 Å². The maximum Gasteiger partial charge on any atom is 0.143 e. The molecule has 172 valence electrons. The zero-order chi connectivity index (χ0) is 24.0. The molecular weight excluding hydrogens is 438 g/mol. The second-order valence-corrected chi connectivity index (χ2v) is 8.03. The maximum absolute atomic E-state index is 10.5. The third-order valence-corrected chi connectivity index (χ3v) is 5.59. The highest BCUT2D eigenvalue weighted by atomic mass is 16.3. The van der Waals surface area contributed by atoms with E-state index in [0.29, 0.717) is 29.9 Å². The number of aromatic nitrogens is 2. The first kappa shape index (κ1) is 22.0. The Kier molecular flexibility index (Phi) is 6.30. The van der Waals surface area contributed by atoms with Gasteiger partial charge in [0.05, 0.1) is 30.2 Å². The fourth-order valence-electron chi connectivity index (χ4n) is 3.92. The van der Waals surface area contributed by atoms with Gasteiger partial charge >= 0.3 is 0 Å². The van der Waals surface area contributed by atoms with Crippen molar-refractivity contribution in [2.75, 3.05) is 4.90 Å². The molecule has 3 aromatic carbocycles. The van der Waals surface area contributed by atoms with E-state index >= 15 is 0 Å². The van der Waals surface area contributed by atoms with Crippen molar-refractivity contribution in [3.8, 4) is 11.5 Å². The summed E-state index contributed by atoms with van der Waals surface area (Å²) in [5, 5.41) is 30.7. The van der Waals surface area contributed by atoms with Crippen molar-refractivity contribution in [3.05, 3.63) is 115 Å². The SMILES string of the molecule is Oc1ccc2c(/N=N/c3ccccc3N(Cc3ccccn3)Cc3ccccn3)c(O)ccc2c1. The van der Waals surface area contributed by atoms with Gasteiger partial charge in [0.25, 0.3) is 0 Å². The number of anilines is 1. The van der Waals surface area contributed by atoms with Crippen LogP contribution in [0.4, 0.5) is 17.1 Å². The van der Waals surface area contributed by atoms with Crippen molar-refractivity contribution >= 4 is 27.8 Å². The summed E-state index contributed by atoms with van der Waals surface area (Å²) in [6, 6.07) is 27.6. The van der Waals surface area contributed by atoms with Crippen LogP contribution in [0.1, 0.15) is 11.4 Å². The zero-order valence-corrected chi connectivity index (χ0v) is 18.9. The topological polar surface area (TPSA) is 94.2 Å². The quantitative estimate of drug-likeness (QED) is 0.264. The number of hydrogen-bond acceptors (Lipinski definition) is 7. The molecule has 5 aromatic rings. The Morgan fingerprint density at radius 2 is 1.37 bits per heavy atom. The lowest BCUT2D eigenvalue weighted by molar-refractivity contribution is 0.474. The largest absolute Gasteiger partial charge is 0.508 e. The van der Waals surface area contributed by atoms with Gasteiger partial charge in [0, 0.05) is 17.8 Å². The lowest BCUT2D eigenvalue weighted by Crippen LogP contribution is -2.23. The number of phenolic OH excluding ortho intramolecular Hbond substituents is 2. The van der Waals surface area contributed by atoms with Crippen LogP contribution in [0.2, 0.25) is 0 Å². The molecule has 0 spiro atoms. The van der Waals surface area contributed by atoms with Crippen LogP contribution in [-0.4, -0.2) is 20.2 Å². The first-order valence-electron chi connectivity index (χ1n) is 11.2. The van der Waals surface area contributed by atoms with Crippen LogP contribution in [-0.2, 0) is 13.1 Å². The molecule has 7 heteroatoms. The number of azo groups is 1. The number of benzene rings is 3. The Balaban J connectivity index is 1.54. The van der Waals surface area contributed by atoms with E-state index in [1.807, 2.05) is 60.7 Å². The molecule has 2 aromatic heterocycles. The highest BCUT2D eigenvalue weighted by molar-refractivity contribution is 5.96. The minimum absolute atomic E-state index is 0.0169.